The minimum Gasteiger partial charge on any atom is -0.394 e. The molecule has 10 nitrogen and oxygen atoms in total. The zero-order valence-corrected chi connectivity index (χ0v) is 24.3. The number of aliphatic hydroxyl groups excluding tert-OH is 3. The van der Waals surface area contributed by atoms with Crippen molar-refractivity contribution >= 4 is 11.8 Å². The van der Waals surface area contributed by atoms with Crippen LogP contribution in [-0.2, 0) is 23.8 Å². The van der Waals surface area contributed by atoms with Crippen LogP contribution in [0.1, 0.15) is 96.8 Å². The second kappa shape index (κ2) is 15.8. The molecule has 4 fully saturated rings. The molecule has 40 heavy (non-hydrogen) atoms. The number of carbonyl (C=O) groups is 2. The van der Waals surface area contributed by atoms with E-state index in [2.05, 4.69) is 5.32 Å². The lowest BCUT2D eigenvalue weighted by Gasteiger charge is -2.42. The summed E-state index contributed by atoms with van der Waals surface area (Å²) in [7, 11) is 0. The Morgan fingerprint density at radius 1 is 0.925 bits per heavy atom. The molecule has 230 valence electrons. The predicted molar refractivity (Wildman–Crippen MR) is 148 cm³/mol. The molecule has 0 aromatic heterocycles. The number of likely N-dealkylation sites (tertiary alicyclic amines) is 1. The van der Waals surface area contributed by atoms with E-state index in [1.54, 1.807) is 0 Å². The SMILES string of the molecule is CC(=O)NC1C(OCCCCCC(=O)N2CCC[C@H]2COC2CCC(C3CCCCC3)C2)OC(CO)C(O)C1O. The number of hydrogen-bond acceptors (Lipinski definition) is 8. The first-order valence-corrected chi connectivity index (χ1v) is 15.8. The van der Waals surface area contributed by atoms with Crippen molar-refractivity contribution in [1.29, 1.82) is 0 Å². The summed E-state index contributed by atoms with van der Waals surface area (Å²) < 4.78 is 17.7. The van der Waals surface area contributed by atoms with E-state index in [0.717, 1.165) is 44.1 Å². The number of unbranched alkanes of at least 4 members (excludes halogenated alkanes) is 2. The molecule has 10 heteroatoms. The molecular formula is C30H52N2O8. The number of carbonyl (C=O) groups excluding carboxylic acids is 2. The van der Waals surface area contributed by atoms with Gasteiger partial charge in [0.15, 0.2) is 6.29 Å². The van der Waals surface area contributed by atoms with Gasteiger partial charge in [0.25, 0.3) is 0 Å². The van der Waals surface area contributed by atoms with E-state index in [9.17, 15) is 24.9 Å². The van der Waals surface area contributed by atoms with Crippen molar-refractivity contribution in [1.82, 2.24) is 10.2 Å². The summed E-state index contributed by atoms with van der Waals surface area (Å²) >= 11 is 0. The van der Waals surface area contributed by atoms with Gasteiger partial charge in [0.1, 0.15) is 24.4 Å². The second-order valence-electron chi connectivity index (χ2n) is 12.4. The van der Waals surface area contributed by atoms with Crippen molar-refractivity contribution in [3.63, 3.8) is 0 Å². The fourth-order valence-electron chi connectivity index (χ4n) is 7.25. The first kappa shape index (κ1) is 31.6. The number of hydrogen-bond donors (Lipinski definition) is 4. The maximum Gasteiger partial charge on any atom is 0.222 e. The first-order chi connectivity index (χ1) is 19.4. The van der Waals surface area contributed by atoms with Crippen LogP contribution < -0.4 is 5.32 Å². The van der Waals surface area contributed by atoms with Crippen LogP contribution in [0, 0.1) is 11.8 Å². The summed E-state index contributed by atoms with van der Waals surface area (Å²) in [6.45, 7) is 2.62. The molecule has 2 aliphatic heterocycles. The molecule has 0 aromatic rings. The van der Waals surface area contributed by atoms with Crippen molar-refractivity contribution in [3.8, 4) is 0 Å². The summed E-state index contributed by atoms with van der Waals surface area (Å²) in [6.07, 6.45) is 11.2. The highest BCUT2D eigenvalue weighted by Crippen LogP contribution is 2.40. The smallest absolute Gasteiger partial charge is 0.222 e. The number of rotatable bonds is 13. The molecule has 2 saturated carbocycles. The van der Waals surface area contributed by atoms with E-state index in [-0.39, 0.29) is 17.9 Å². The van der Waals surface area contributed by atoms with Crippen LogP contribution in [0.4, 0.5) is 0 Å². The molecule has 0 aromatic carbocycles. The van der Waals surface area contributed by atoms with Crippen molar-refractivity contribution in [3.05, 3.63) is 0 Å². The molecule has 0 bridgehead atoms. The summed E-state index contributed by atoms with van der Waals surface area (Å²) in [5, 5.41) is 32.5. The lowest BCUT2D eigenvalue weighted by molar-refractivity contribution is -0.270. The number of aliphatic hydroxyl groups is 3. The van der Waals surface area contributed by atoms with E-state index in [1.165, 1.54) is 58.3 Å². The third-order valence-electron chi connectivity index (χ3n) is 9.53. The highest BCUT2D eigenvalue weighted by molar-refractivity contribution is 5.76. The largest absolute Gasteiger partial charge is 0.394 e. The summed E-state index contributed by atoms with van der Waals surface area (Å²) in [6, 6.07) is -0.742. The Kier molecular flexibility index (Phi) is 12.5. The maximum atomic E-state index is 13.0. The van der Waals surface area contributed by atoms with Crippen molar-refractivity contribution in [2.24, 2.45) is 11.8 Å². The zero-order chi connectivity index (χ0) is 28.5. The fraction of sp³-hybridized carbons (Fsp3) is 0.933. The van der Waals surface area contributed by atoms with Gasteiger partial charge in [-0.1, -0.05) is 38.5 Å². The lowest BCUT2D eigenvalue weighted by atomic mass is 9.79. The van der Waals surface area contributed by atoms with Gasteiger partial charge in [0.05, 0.1) is 25.4 Å². The minimum atomic E-state index is -1.33. The van der Waals surface area contributed by atoms with Gasteiger partial charge in [0.2, 0.25) is 11.8 Å². The number of ether oxygens (including phenoxy) is 3. The molecule has 4 aliphatic rings. The summed E-state index contributed by atoms with van der Waals surface area (Å²) in [4.78, 5) is 26.5. The van der Waals surface area contributed by atoms with E-state index in [4.69, 9.17) is 14.2 Å². The summed E-state index contributed by atoms with van der Waals surface area (Å²) in [5.74, 6) is 1.56. The minimum absolute atomic E-state index is 0.194. The van der Waals surface area contributed by atoms with Gasteiger partial charge < -0.3 is 39.7 Å². The van der Waals surface area contributed by atoms with Gasteiger partial charge in [-0.3, -0.25) is 9.59 Å². The number of nitrogens with one attached hydrogen (secondary N) is 1. The Morgan fingerprint density at radius 3 is 2.48 bits per heavy atom. The third kappa shape index (κ3) is 8.61. The Labute approximate surface area is 239 Å². The van der Waals surface area contributed by atoms with Gasteiger partial charge >= 0.3 is 0 Å². The molecule has 4 N–H and O–H groups in total. The van der Waals surface area contributed by atoms with Crippen LogP contribution in [0.2, 0.25) is 0 Å². The quantitative estimate of drug-likeness (QED) is 0.248. The Hall–Kier alpha value is -1.30. The monoisotopic (exact) mass is 568 g/mol. The standard InChI is InChI=1S/C30H52N2O8/c1-20(34)31-27-29(37)28(36)25(18-33)40-30(27)38-16-7-3-6-12-26(35)32-15-8-11-23(32)19-39-24-14-13-22(17-24)21-9-4-2-5-10-21/h21-25,27-30,33,36-37H,2-19H2,1H3,(H,31,34)/t22?,23-,24?,25?,27?,28?,29?,30?/m0/s1. The maximum absolute atomic E-state index is 13.0. The fourth-order valence-corrected chi connectivity index (χ4v) is 7.25. The average molecular weight is 569 g/mol. The molecule has 2 aliphatic carbocycles. The molecule has 8 atom stereocenters. The van der Waals surface area contributed by atoms with Crippen LogP contribution >= 0.6 is 0 Å². The predicted octanol–water partition coefficient (Wildman–Crippen LogP) is 2.26. The third-order valence-corrected chi connectivity index (χ3v) is 9.53. The second-order valence-corrected chi connectivity index (χ2v) is 12.4. The number of amides is 2. The van der Waals surface area contributed by atoms with Gasteiger partial charge in [-0.05, 0) is 56.8 Å². The van der Waals surface area contributed by atoms with Gasteiger partial charge in [-0.2, -0.15) is 0 Å². The molecule has 2 saturated heterocycles. The van der Waals surface area contributed by atoms with Crippen molar-refractivity contribution < 1.29 is 39.1 Å². The van der Waals surface area contributed by atoms with Crippen LogP contribution in [0.3, 0.4) is 0 Å². The zero-order valence-electron chi connectivity index (χ0n) is 24.3. The first-order valence-electron chi connectivity index (χ1n) is 15.8. The Morgan fingerprint density at radius 2 is 1.73 bits per heavy atom. The van der Waals surface area contributed by atoms with Crippen molar-refractivity contribution in [2.45, 2.75) is 140 Å². The highest BCUT2D eigenvalue weighted by atomic mass is 16.7. The van der Waals surface area contributed by atoms with Gasteiger partial charge in [-0.15, -0.1) is 0 Å². The molecule has 0 spiro atoms. The van der Waals surface area contributed by atoms with Crippen LogP contribution in [0.15, 0.2) is 0 Å². The average Bonchev–Trinajstić information content (AvgIpc) is 3.63. The van der Waals surface area contributed by atoms with E-state index in [0.29, 0.717) is 32.2 Å². The van der Waals surface area contributed by atoms with E-state index in [1.807, 2.05) is 4.90 Å². The molecule has 4 rings (SSSR count). The molecule has 2 heterocycles. The Balaban J connectivity index is 1.11. The van der Waals surface area contributed by atoms with Crippen LogP contribution in [-0.4, -0.2) is 101 Å². The van der Waals surface area contributed by atoms with E-state index < -0.39 is 37.3 Å². The molecule has 7 unspecified atom stereocenters. The van der Waals surface area contributed by atoms with Gasteiger partial charge in [-0.25, -0.2) is 0 Å². The topological polar surface area (TPSA) is 138 Å². The van der Waals surface area contributed by atoms with Crippen LogP contribution in [0.25, 0.3) is 0 Å². The normalized spacial score (nSPS) is 35.2. The number of nitrogens with zero attached hydrogens (tertiary/aromatic N) is 1. The molecule has 2 amide bonds. The Bertz CT molecular complexity index is 794. The highest BCUT2D eigenvalue weighted by Gasteiger charge is 2.45. The van der Waals surface area contributed by atoms with E-state index >= 15 is 0 Å². The molecular weight excluding hydrogens is 516 g/mol. The van der Waals surface area contributed by atoms with Gasteiger partial charge in [0, 0.05) is 26.5 Å². The van der Waals surface area contributed by atoms with Crippen molar-refractivity contribution in [2.75, 3.05) is 26.4 Å². The van der Waals surface area contributed by atoms with Crippen LogP contribution in [0.5, 0.6) is 0 Å². The summed E-state index contributed by atoms with van der Waals surface area (Å²) in [5.41, 5.74) is 0. The molecule has 0 radical (unpaired) electrons. The lowest BCUT2D eigenvalue weighted by Crippen LogP contribution is -2.64.